The first-order chi connectivity index (χ1) is 7.73. The third-order valence-corrected chi connectivity index (χ3v) is 3.66. The normalized spacial score (nSPS) is 26.7. The molecule has 2 heterocycles. The van der Waals surface area contributed by atoms with Crippen LogP contribution in [0.5, 0.6) is 0 Å². The van der Waals surface area contributed by atoms with Crippen molar-refractivity contribution >= 4 is 6.09 Å². The van der Waals surface area contributed by atoms with Crippen LogP contribution in [0.4, 0.5) is 4.79 Å². The molecule has 1 unspecified atom stereocenters. The number of carbonyl (C=O) groups is 1. The quantitative estimate of drug-likeness (QED) is 0.760. The van der Waals surface area contributed by atoms with Gasteiger partial charge in [0.2, 0.25) is 0 Å². The minimum Gasteiger partial charge on any atom is -0.444 e. The maximum atomic E-state index is 11.8. The first-order valence-electron chi connectivity index (χ1n) is 6.45. The van der Waals surface area contributed by atoms with Gasteiger partial charge in [0, 0.05) is 31.1 Å². The highest BCUT2D eigenvalue weighted by Gasteiger charge is 2.57. The molecule has 0 radical (unpaired) electrons. The zero-order chi connectivity index (χ0) is 12.8. The molecule has 0 bridgehead atoms. The Balaban J connectivity index is 1.85. The number of nitrogens with one attached hydrogen (secondary N) is 1. The van der Waals surface area contributed by atoms with Crippen molar-refractivity contribution in [1.82, 2.24) is 10.2 Å². The van der Waals surface area contributed by atoms with E-state index >= 15 is 0 Å². The van der Waals surface area contributed by atoms with E-state index < -0.39 is 5.60 Å². The molecule has 1 atom stereocenters. The Kier molecular flexibility index (Phi) is 2.89. The summed E-state index contributed by atoms with van der Waals surface area (Å²) in [6, 6.07) is 0.557. The van der Waals surface area contributed by atoms with Crippen molar-refractivity contribution in [2.24, 2.45) is 11.3 Å². The van der Waals surface area contributed by atoms with Crippen LogP contribution in [0.1, 0.15) is 34.6 Å². The molecule has 1 spiro atoms. The fourth-order valence-corrected chi connectivity index (χ4v) is 2.93. The first-order valence-corrected chi connectivity index (χ1v) is 6.45. The molecule has 0 aromatic rings. The smallest absolute Gasteiger partial charge is 0.410 e. The molecule has 2 aliphatic heterocycles. The third-order valence-electron chi connectivity index (χ3n) is 3.66. The van der Waals surface area contributed by atoms with Gasteiger partial charge in [-0.05, 0) is 26.7 Å². The van der Waals surface area contributed by atoms with Gasteiger partial charge in [-0.15, -0.1) is 0 Å². The van der Waals surface area contributed by atoms with Gasteiger partial charge in [0.25, 0.3) is 0 Å². The molecular weight excluding hydrogens is 216 g/mol. The summed E-state index contributed by atoms with van der Waals surface area (Å²) in [6.07, 6.45) is -0.169. The Morgan fingerprint density at radius 2 is 2.00 bits per heavy atom. The van der Waals surface area contributed by atoms with Crippen molar-refractivity contribution in [2.45, 2.75) is 46.3 Å². The lowest BCUT2D eigenvalue weighted by atomic mass is 9.64. The Bertz CT molecular complexity index is 314. The minimum atomic E-state index is -0.394. The van der Waals surface area contributed by atoms with Crippen molar-refractivity contribution in [3.05, 3.63) is 0 Å². The lowest BCUT2D eigenvalue weighted by Crippen LogP contribution is -2.78. The molecule has 1 N–H and O–H groups in total. The molecule has 0 aromatic carbocycles. The Morgan fingerprint density at radius 3 is 2.35 bits per heavy atom. The highest BCUT2D eigenvalue weighted by atomic mass is 16.6. The average molecular weight is 240 g/mol. The number of rotatable bonds is 1. The van der Waals surface area contributed by atoms with Crippen LogP contribution in [-0.2, 0) is 4.74 Å². The molecule has 2 rings (SSSR count). The molecule has 1 amide bonds. The second kappa shape index (κ2) is 3.87. The highest BCUT2D eigenvalue weighted by molar-refractivity contribution is 5.69. The summed E-state index contributed by atoms with van der Waals surface area (Å²) >= 11 is 0. The van der Waals surface area contributed by atoms with Crippen LogP contribution in [0.2, 0.25) is 0 Å². The largest absolute Gasteiger partial charge is 0.444 e. The second-order valence-corrected chi connectivity index (χ2v) is 6.80. The van der Waals surface area contributed by atoms with E-state index in [0.29, 0.717) is 17.4 Å². The van der Waals surface area contributed by atoms with Crippen molar-refractivity contribution < 1.29 is 9.53 Å². The summed E-state index contributed by atoms with van der Waals surface area (Å²) < 4.78 is 5.37. The minimum absolute atomic E-state index is 0.169. The van der Waals surface area contributed by atoms with E-state index in [1.54, 1.807) is 0 Å². The Labute approximate surface area is 104 Å². The Morgan fingerprint density at radius 1 is 1.41 bits per heavy atom. The van der Waals surface area contributed by atoms with E-state index in [4.69, 9.17) is 4.74 Å². The fraction of sp³-hybridized carbons (Fsp3) is 0.923. The van der Waals surface area contributed by atoms with Gasteiger partial charge in [-0.1, -0.05) is 13.8 Å². The number of hydrogen-bond donors (Lipinski definition) is 1. The molecule has 0 aliphatic carbocycles. The molecule has 2 aliphatic rings. The molecular formula is C13H24N2O2. The zero-order valence-electron chi connectivity index (χ0n) is 11.5. The van der Waals surface area contributed by atoms with E-state index in [9.17, 15) is 4.79 Å². The van der Waals surface area contributed by atoms with Crippen molar-refractivity contribution in [3.63, 3.8) is 0 Å². The zero-order valence-corrected chi connectivity index (χ0v) is 11.5. The lowest BCUT2D eigenvalue weighted by molar-refractivity contribution is -0.0951. The molecule has 2 saturated heterocycles. The van der Waals surface area contributed by atoms with E-state index in [-0.39, 0.29) is 6.09 Å². The summed E-state index contributed by atoms with van der Waals surface area (Å²) in [5.74, 6) is 0.629. The van der Waals surface area contributed by atoms with Crippen LogP contribution in [0.25, 0.3) is 0 Å². The molecule has 0 saturated carbocycles. The van der Waals surface area contributed by atoms with Crippen LogP contribution in [0, 0.1) is 11.3 Å². The fourth-order valence-electron chi connectivity index (χ4n) is 2.93. The number of ether oxygens (including phenoxy) is 1. The maximum absolute atomic E-state index is 11.8. The predicted octanol–water partition coefficient (Wildman–Crippen LogP) is 1.85. The lowest BCUT2D eigenvalue weighted by Gasteiger charge is -2.62. The number of carbonyl (C=O) groups excluding carboxylic acids is 1. The number of amides is 1. The van der Waals surface area contributed by atoms with Gasteiger partial charge >= 0.3 is 6.09 Å². The van der Waals surface area contributed by atoms with Gasteiger partial charge in [-0.2, -0.15) is 0 Å². The number of nitrogens with zero attached hydrogens (tertiary/aromatic N) is 1. The number of hydrogen-bond acceptors (Lipinski definition) is 3. The topological polar surface area (TPSA) is 41.6 Å². The predicted molar refractivity (Wildman–Crippen MR) is 66.9 cm³/mol. The van der Waals surface area contributed by atoms with E-state index in [1.165, 1.54) is 0 Å². The molecule has 0 aromatic heterocycles. The van der Waals surface area contributed by atoms with Gasteiger partial charge in [0.15, 0.2) is 0 Å². The summed E-state index contributed by atoms with van der Waals surface area (Å²) in [4.78, 5) is 13.6. The summed E-state index contributed by atoms with van der Waals surface area (Å²) in [5, 5.41) is 3.47. The first kappa shape index (κ1) is 12.7. The van der Waals surface area contributed by atoms with Gasteiger partial charge in [0.1, 0.15) is 5.60 Å². The van der Waals surface area contributed by atoms with Gasteiger partial charge in [-0.25, -0.2) is 4.79 Å². The average Bonchev–Trinajstić information content (AvgIpc) is 1.93. The van der Waals surface area contributed by atoms with E-state index in [0.717, 1.165) is 19.6 Å². The third kappa shape index (κ3) is 2.28. The van der Waals surface area contributed by atoms with Crippen LogP contribution in [0.3, 0.4) is 0 Å². The van der Waals surface area contributed by atoms with Crippen LogP contribution in [-0.4, -0.2) is 42.3 Å². The molecule has 98 valence electrons. The standard InChI is InChI=1S/C13H24N2O2/c1-9(2)10-13(6-14-10)7-15(8-13)11(16)17-12(3,4)5/h9-10,14H,6-8H2,1-5H3. The molecule has 17 heavy (non-hydrogen) atoms. The number of likely N-dealkylation sites (tertiary alicyclic amines) is 1. The van der Waals surface area contributed by atoms with Crippen molar-refractivity contribution in [1.29, 1.82) is 0 Å². The van der Waals surface area contributed by atoms with Crippen molar-refractivity contribution in [2.75, 3.05) is 19.6 Å². The molecule has 2 fully saturated rings. The molecule has 4 heteroatoms. The van der Waals surface area contributed by atoms with E-state index in [2.05, 4.69) is 19.2 Å². The summed E-state index contributed by atoms with van der Waals surface area (Å²) in [6.45, 7) is 12.9. The molecule has 4 nitrogen and oxygen atoms in total. The van der Waals surface area contributed by atoms with Gasteiger partial charge in [-0.3, -0.25) is 0 Å². The van der Waals surface area contributed by atoms with Crippen LogP contribution >= 0.6 is 0 Å². The van der Waals surface area contributed by atoms with Gasteiger partial charge < -0.3 is 15.0 Å². The summed E-state index contributed by atoms with van der Waals surface area (Å²) in [7, 11) is 0. The second-order valence-electron chi connectivity index (χ2n) is 6.80. The summed E-state index contributed by atoms with van der Waals surface area (Å²) in [5.41, 5.74) is -0.0692. The SMILES string of the molecule is CC(C)C1NCC12CN(C(=O)OC(C)(C)C)C2. The van der Waals surface area contributed by atoms with Crippen molar-refractivity contribution in [3.8, 4) is 0 Å². The monoisotopic (exact) mass is 240 g/mol. The Hall–Kier alpha value is -0.770. The van der Waals surface area contributed by atoms with Crippen LogP contribution < -0.4 is 5.32 Å². The maximum Gasteiger partial charge on any atom is 0.410 e. The van der Waals surface area contributed by atoms with Gasteiger partial charge in [0.05, 0.1) is 0 Å². The highest BCUT2D eigenvalue weighted by Crippen LogP contribution is 2.42. The van der Waals surface area contributed by atoms with E-state index in [1.807, 2.05) is 25.7 Å². The van der Waals surface area contributed by atoms with Crippen LogP contribution in [0.15, 0.2) is 0 Å².